The molecule has 0 amide bonds. The highest BCUT2D eigenvalue weighted by atomic mass is 16.7. The molecule has 11 N–H and O–H groups in total. The first-order valence-electron chi connectivity index (χ1n) is 35.4. The van der Waals surface area contributed by atoms with Gasteiger partial charge in [0.25, 0.3) is 5.60 Å². The highest BCUT2D eigenvalue weighted by Crippen LogP contribution is 2.67. The molecule has 16 nitrogen and oxygen atoms in total. The Hall–Kier alpha value is -6.30. The van der Waals surface area contributed by atoms with Crippen LogP contribution in [0.5, 0.6) is 5.75 Å². The quantitative estimate of drug-likeness (QED) is 0.0487. The number of allylic oxidation sites excluding steroid dienone is 5. The van der Waals surface area contributed by atoms with Gasteiger partial charge in [0.05, 0.1) is 24.0 Å². The average molecular weight is 1250 g/mol. The lowest BCUT2D eigenvalue weighted by atomic mass is 9.45. The van der Waals surface area contributed by atoms with Crippen LogP contribution in [0.15, 0.2) is 129 Å². The van der Waals surface area contributed by atoms with E-state index >= 15 is 14.4 Å². The van der Waals surface area contributed by atoms with Crippen LogP contribution in [-0.4, -0.2) is 114 Å². The average Bonchev–Trinajstić information content (AvgIpc) is 1.54. The number of dihydropyridines is 2. The Labute approximate surface area is 543 Å². The Balaban J connectivity index is 0.909. The summed E-state index contributed by atoms with van der Waals surface area (Å²) in [5.74, 6) is 0.0463. The Bertz CT molecular complexity index is 3590. The van der Waals surface area contributed by atoms with Crippen molar-refractivity contribution >= 4 is 23.5 Å². The molecule has 11 bridgehead atoms. The highest BCUT2D eigenvalue weighted by Gasteiger charge is 2.86. The molecule has 2 spiro atoms. The van der Waals surface area contributed by atoms with E-state index in [2.05, 4.69) is 107 Å². The summed E-state index contributed by atoms with van der Waals surface area (Å²) in [6, 6.07) is 13.4. The van der Waals surface area contributed by atoms with E-state index in [-0.39, 0.29) is 65.2 Å². The number of phenolic OH excluding ortho intramolecular Hbond substituents is 1. The summed E-state index contributed by atoms with van der Waals surface area (Å²) in [5, 5.41) is 50.8. The van der Waals surface area contributed by atoms with E-state index in [1.54, 1.807) is 12.1 Å². The number of aliphatic hydroxyl groups is 1. The van der Waals surface area contributed by atoms with Crippen molar-refractivity contribution in [3.05, 3.63) is 147 Å². The summed E-state index contributed by atoms with van der Waals surface area (Å²) in [5.41, 5.74) is 10.4. The van der Waals surface area contributed by atoms with Crippen LogP contribution in [0.3, 0.4) is 0 Å². The normalized spacial score (nSPS) is 39.8. The van der Waals surface area contributed by atoms with Crippen LogP contribution in [0.4, 0.5) is 0 Å². The second-order valence-corrected chi connectivity index (χ2v) is 30.8. The molecule has 0 radical (unpaired) electrons. The van der Waals surface area contributed by atoms with Crippen LogP contribution in [0.25, 0.3) is 0 Å². The topological polar surface area (TPSA) is 236 Å². The Morgan fingerprint density at radius 1 is 0.946 bits per heavy atom. The van der Waals surface area contributed by atoms with E-state index in [1.165, 1.54) is 16.7 Å². The van der Waals surface area contributed by atoms with Crippen molar-refractivity contribution in [2.45, 2.75) is 208 Å². The molecule has 16 atom stereocenters. The van der Waals surface area contributed by atoms with Gasteiger partial charge in [-0.05, 0) is 209 Å². The molecule has 490 valence electrons. The molecular weight excluding hydrogens is 1150 g/mol. The summed E-state index contributed by atoms with van der Waals surface area (Å²) in [6.45, 7) is 8.72. The van der Waals surface area contributed by atoms with Gasteiger partial charge >= 0.3 is 5.97 Å². The second-order valence-electron chi connectivity index (χ2n) is 30.8. The number of hydrogen-bond acceptors (Lipinski definition) is 14. The van der Waals surface area contributed by atoms with Crippen LogP contribution in [0.2, 0.25) is 0 Å². The van der Waals surface area contributed by atoms with Gasteiger partial charge < -0.3 is 62.6 Å². The van der Waals surface area contributed by atoms with Crippen molar-refractivity contribution in [3.8, 4) is 5.75 Å². The lowest BCUT2D eigenvalue weighted by molar-refractivity contribution is -0.197. The second kappa shape index (κ2) is 23.6. The summed E-state index contributed by atoms with van der Waals surface area (Å²) >= 11 is 0. The maximum atomic E-state index is 16.9. The van der Waals surface area contributed by atoms with Crippen LogP contribution >= 0.6 is 0 Å². The number of nitrogens with one attached hydrogen (secondary N) is 7. The number of nitrogens with two attached hydrogens (primary N) is 1. The number of benzene rings is 2. The largest absolute Gasteiger partial charge is 0.508 e. The van der Waals surface area contributed by atoms with Gasteiger partial charge in [-0.15, -0.1) is 0 Å². The lowest BCUT2D eigenvalue weighted by Crippen LogP contribution is -2.68. The van der Waals surface area contributed by atoms with E-state index < -0.39 is 63.2 Å². The summed E-state index contributed by atoms with van der Waals surface area (Å²) in [6.07, 6.45) is 30.8. The first-order chi connectivity index (χ1) is 44.5. The predicted octanol–water partition coefficient (Wildman–Crippen LogP) is 9.75. The number of aliphatic hydroxyl groups excluding tert-OH is 1. The number of phenols is 1. The third-order valence-corrected chi connectivity index (χ3v) is 25.7. The third kappa shape index (κ3) is 9.96. The summed E-state index contributed by atoms with van der Waals surface area (Å²) in [4.78, 5) is 54.6. The van der Waals surface area contributed by atoms with Crippen LogP contribution in [-0.2, 0) is 20.7 Å². The molecule has 6 aliphatic carbocycles. The van der Waals surface area contributed by atoms with Crippen molar-refractivity contribution in [2.75, 3.05) is 33.7 Å². The molecule has 7 aliphatic heterocycles. The minimum Gasteiger partial charge on any atom is -0.508 e. The fraction of sp³-hybridized carbons (Fsp3) is 0.605. The maximum absolute atomic E-state index is 16.9. The minimum atomic E-state index is -2.26. The first kappa shape index (κ1) is 61.9. The van der Waals surface area contributed by atoms with Gasteiger partial charge in [0.1, 0.15) is 17.7 Å². The van der Waals surface area contributed by atoms with E-state index in [0.29, 0.717) is 56.7 Å². The number of esters is 1. The SMILES string of the molecule is CCN[C@]12C=C3C=CC[C@H]4CCCC[C@@]5(C)CC6=CNC(N)C(=C6)[C@@H](c6cccc(O)c6)C[C@H]6[C@H](C1)[C@@H](C[C@H](O)C61CCCC1)[C@H](OC(=O)[C@]16O[C@@]1(C/C=C(\C)C[C@]1(C7=CCNC8=C7CC[C@H](NC)N8)CCCNC(=NC)N1)C(=O)c1cccc(c1C6=O)C5)[C@H]2C[C@H]34. The molecule has 5 fully saturated rings. The smallest absolute Gasteiger partial charge is 0.350 e. The molecule has 13 aliphatic rings. The first-order valence-corrected chi connectivity index (χ1v) is 35.4. The highest BCUT2D eigenvalue weighted by molar-refractivity contribution is 6.33. The number of rotatable bonds is 9. The van der Waals surface area contributed by atoms with E-state index in [0.717, 1.165) is 142 Å². The van der Waals surface area contributed by atoms with Crippen LogP contribution in [0, 0.1) is 46.3 Å². The summed E-state index contributed by atoms with van der Waals surface area (Å²) < 4.78 is 14.7. The number of hydrogen-bond donors (Lipinski definition) is 10. The van der Waals surface area contributed by atoms with Crippen molar-refractivity contribution in [3.63, 3.8) is 0 Å². The molecule has 92 heavy (non-hydrogen) atoms. The standard InChI is InChI=1S/C76H99N9O7/c1-6-83-74-41-48-18-11-16-46-15-7-8-26-71(3)39-45-33-56(67(77)82-43-45)54(47-17-12-20-50(86)34-47)36-59-57(42-74)55(37-61(87)72(59)27-9-10-28-72)64(60(74)35-53(46)48)91-69(90)76-66(89)63-49(40-71)19-13-21-52(63)65(88)75(76,92-76)30-24-44(2)38-73(29-14-31-81-70(79-5)85-73)58-25-32-80-68-51(58)22-23-62(78-4)84-68/h11-13,17-21,24-25,33-34,41,43,46,53-55,57,59-62,64,67,78,80,82-84,86-87H,6-10,14-16,22-23,26-32,35-40,42,77H2,1-5H3,(H2,79,81,85)/b44-24+/t46-,53+,54-,55-,57-,59+,60-,61+,62-,64+,67?,71+,73+,74-,75+,76+/m1/s1. The number of ether oxygens (including phenoxy) is 2. The van der Waals surface area contributed by atoms with E-state index in [1.807, 2.05) is 38.4 Å². The van der Waals surface area contributed by atoms with Gasteiger partial charge in [-0.1, -0.05) is 112 Å². The minimum absolute atomic E-state index is 0.00966. The van der Waals surface area contributed by atoms with E-state index in [4.69, 9.17) is 20.2 Å². The van der Waals surface area contributed by atoms with Gasteiger partial charge in [0, 0.05) is 67.2 Å². The number of carbonyl (C=O) groups is 3. The van der Waals surface area contributed by atoms with Crippen molar-refractivity contribution < 1.29 is 34.1 Å². The Morgan fingerprint density at radius 3 is 2.60 bits per heavy atom. The monoisotopic (exact) mass is 1250 g/mol. The number of carbonyl (C=O) groups excluding carboxylic acids is 3. The predicted molar refractivity (Wildman–Crippen MR) is 357 cm³/mol. The lowest BCUT2D eigenvalue weighted by Gasteiger charge is -2.63. The molecule has 15 rings (SSSR count). The van der Waals surface area contributed by atoms with Crippen LogP contribution < -0.4 is 43.0 Å². The number of ketones is 2. The molecule has 2 aromatic rings. The van der Waals surface area contributed by atoms with Crippen molar-refractivity contribution in [1.29, 1.82) is 0 Å². The number of fused-ring (bicyclic) bond motifs is 4. The fourth-order valence-corrected chi connectivity index (χ4v) is 21.5. The van der Waals surface area contributed by atoms with Gasteiger partial charge in [-0.25, -0.2) is 4.79 Å². The Kier molecular flexibility index (Phi) is 15.8. The molecular formula is C76H99N9O7. The molecule has 2 aromatic carbocycles. The number of aromatic hydroxyl groups is 1. The molecule has 1 unspecified atom stereocenters. The van der Waals surface area contributed by atoms with Crippen molar-refractivity contribution in [1.82, 2.24) is 37.2 Å². The van der Waals surface area contributed by atoms with Gasteiger partial charge in [-0.2, -0.15) is 0 Å². The van der Waals surface area contributed by atoms with Crippen LogP contribution in [0.1, 0.15) is 187 Å². The molecule has 3 saturated carbocycles. The number of aliphatic imine (C=N–C) groups is 1. The van der Waals surface area contributed by atoms with Gasteiger partial charge in [0.2, 0.25) is 5.78 Å². The zero-order valence-corrected chi connectivity index (χ0v) is 54.9. The number of epoxide rings is 1. The molecule has 0 aromatic heterocycles. The Morgan fingerprint density at radius 2 is 1.78 bits per heavy atom. The van der Waals surface area contributed by atoms with Crippen molar-refractivity contribution in [2.24, 2.45) is 57.1 Å². The molecule has 16 heteroatoms. The number of Topliss-reactive ketones (excluding diaryl/α,β-unsaturated/α-hetero) is 2. The zero-order valence-electron chi connectivity index (χ0n) is 54.9. The van der Waals surface area contributed by atoms with E-state index in [9.17, 15) is 10.2 Å². The number of nitrogens with zero attached hydrogens (tertiary/aromatic N) is 1. The van der Waals surface area contributed by atoms with Gasteiger partial charge in [-0.3, -0.25) is 14.6 Å². The maximum Gasteiger partial charge on any atom is 0.350 e. The van der Waals surface area contributed by atoms with Gasteiger partial charge in [0.15, 0.2) is 17.3 Å². The summed E-state index contributed by atoms with van der Waals surface area (Å²) in [7, 11) is 3.80. The third-order valence-electron chi connectivity index (χ3n) is 25.7. The molecule has 7 heterocycles. The zero-order chi connectivity index (χ0) is 63.5. The fourth-order valence-electron chi connectivity index (χ4n) is 21.5. The number of likely N-dealkylation sites (N-methyl/N-ethyl adjacent to an activating group) is 1. The molecule has 2 saturated heterocycles. The number of guanidine groups is 1.